The molecule has 0 amide bonds. The van der Waals surface area contributed by atoms with Crippen molar-refractivity contribution >= 4 is 17.9 Å². The zero-order chi connectivity index (χ0) is 47.2. The lowest BCUT2D eigenvalue weighted by Crippen LogP contribution is -2.30. The lowest BCUT2D eigenvalue weighted by molar-refractivity contribution is -0.167. The Morgan fingerprint density at radius 1 is 0.308 bits per heavy atom. The molecule has 1 unspecified atom stereocenters. The van der Waals surface area contributed by atoms with Gasteiger partial charge in [-0.2, -0.15) is 0 Å². The van der Waals surface area contributed by atoms with E-state index >= 15 is 0 Å². The second-order valence-electron chi connectivity index (χ2n) is 18.9. The summed E-state index contributed by atoms with van der Waals surface area (Å²) in [5.41, 5.74) is 0. The molecule has 0 aromatic heterocycles. The number of hydrogen-bond acceptors (Lipinski definition) is 6. The van der Waals surface area contributed by atoms with Gasteiger partial charge in [0.15, 0.2) is 6.10 Å². The molecule has 65 heavy (non-hydrogen) atoms. The van der Waals surface area contributed by atoms with Crippen molar-refractivity contribution in [1.82, 2.24) is 0 Å². The van der Waals surface area contributed by atoms with Gasteiger partial charge in [0.25, 0.3) is 0 Å². The summed E-state index contributed by atoms with van der Waals surface area (Å²) in [6.07, 6.45) is 65.2. The van der Waals surface area contributed by atoms with E-state index in [1.807, 2.05) is 0 Å². The van der Waals surface area contributed by atoms with Crippen LogP contribution in [0.15, 0.2) is 48.6 Å². The molecule has 0 aromatic rings. The van der Waals surface area contributed by atoms with E-state index in [-0.39, 0.29) is 31.1 Å². The van der Waals surface area contributed by atoms with E-state index in [0.717, 1.165) is 89.9 Å². The van der Waals surface area contributed by atoms with Gasteiger partial charge in [-0.25, -0.2) is 0 Å². The van der Waals surface area contributed by atoms with Crippen LogP contribution < -0.4 is 0 Å². The van der Waals surface area contributed by atoms with Crippen molar-refractivity contribution in [2.24, 2.45) is 0 Å². The van der Waals surface area contributed by atoms with Crippen LogP contribution in [0.4, 0.5) is 0 Å². The summed E-state index contributed by atoms with van der Waals surface area (Å²) in [7, 11) is 0. The van der Waals surface area contributed by atoms with Crippen LogP contribution in [0.5, 0.6) is 0 Å². The number of allylic oxidation sites excluding steroid dienone is 8. The monoisotopic (exact) mass is 911 g/mol. The van der Waals surface area contributed by atoms with Gasteiger partial charge >= 0.3 is 17.9 Å². The molecule has 0 radical (unpaired) electrons. The van der Waals surface area contributed by atoms with Crippen LogP contribution in [-0.2, 0) is 28.6 Å². The van der Waals surface area contributed by atoms with Gasteiger partial charge in [-0.1, -0.05) is 249 Å². The lowest BCUT2D eigenvalue weighted by atomic mass is 10.0. The third kappa shape index (κ3) is 52.2. The molecular formula is C59H106O6. The van der Waals surface area contributed by atoms with Crippen LogP contribution in [0.1, 0.15) is 290 Å². The first kappa shape index (κ1) is 62.4. The van der Waals surface area contributed by atoms with Gasteiger partial charge in [0.2, 0.25) is 0 Å². The van der Waals surface area contributed by atoms with Crippen molar-refractivity contribution in [3.8, 4) is 0 Å². The standard InChI is InChI=1S/C59H106O6/c1-4-7-10-13-16-19-22-25-28-29-30-32-34-37-40-43-46-49-52-58(61)64-55-56(54-63-57(60)51-48-45-42-39-36-33-27-24-21-18-15-12-9-6-3)65-59(62)53-50-47-44-41-38-35-31-26-23-20-17-14-11-8-5-2/h17,20,23,26,28-30,32,56H,4-16,18-19,21-22,24-25,27,31,33-55H2,1-3H3/b20-17-,26-23-,29-28-,32-30-. The van der Waals surface area contributed by atoms with Crippen LogP contribution >= 0.6 is 0 Å². The summed E-state index contributed by atoms with van der Waals surface area (Å²) in [5.74, 6) is -0.895. The minimum absolute atomic E-state index is 0.0804. The molecule has 1 atom stereocenters. The first-order chi connectivity index (χ1) is 32.0. The number of carbonyl (C=O) groups excluding carboxylic acids is 3. The van der Waals surface area contributed by atoms with Gasteiger partial charge in [-0.05, 0) is 70.6 Å². The number of ether oxygens (including phenoxy) is 3. The predicted molar refractivity (Wildman–Crippen MR) is 279 cm³/mol. The number of esters is 3. The second-order valence-corrected chi connectivity index (χ2v) is 18.9. The molecule has 0 saturated heterocycles. The molecule has 6 nitrogen and oxygen atoms in total. The molecule has 0 heterocycles. The quantitative estimate of drug-likeness (QED) is 0.0262. The molecule has 0 fully saturated rings. The summed E-state index contributed by atoms with van der Waals surface area (Å²) >= 11 is 0. The first-order valence-electron chi connectivity index (χ1n) is 28.2. The van der Waals surface area contributed by atoms with E-state index in [9.17, 15) is 14.4 Å². The Morgan fingerprint density at radius 2 is 0.538 bits per heavy atom. The topological polar surface area (TPSA) is 78.9 Å². The highest BCUT2D eigenvalue weighted by Crippen LogP contribution is 2.16. The normalized spacial score (nSPS) is 12.4. The molecule has 6 heteroatoms. The second kappa shape index (κ2) is 54.0. The molecule has 0 N–H and O–H groups in total. The molecule has 0 aliphatic carbocycles. The van der Waals surface area contributed by atoms with Gasteiger partial charge in [0.05, 0.1) is 0 Å². The molecule has 0 aliphatic rings. The van der Waals surface area contributed by atoms with E-state index in [1.165, 1.54) is 161 Å². The average molecular weight is 911 g/mol. The maximum atomic E-state index is 12.8. The molecule has 0 aromatic carbocycles. The number of rotatable bonds is 51. The zero-order valence-corrected chi connectivity index (χ0v) is 43.3. The fraction of sp³-hybridized carbons (Fsp3) is 0.814. The predicted octanol–water partition coefficient (Wildman–Crippen LogP) is 18.7. The lowest BCUT2D eigenvalue weighted by Gasteiger charge is -2.18. The van der Waals surface area contributed by atoms with Crippen molar-refractivity contribution in [1.29, 1.82) is 0 Å². The summed E-state index contributed by atoms with van der Waals surface area (Å²) in [4.78, 5) is 38.1. The van der Waals surface area contributed by atoms with Crippen molar-refractivity contribution in [2.75, 3.05) is 13.2 Å². The SMILES string of the molecule is CCCCC/C=C\C=C/CCCCCCCCC(=O)OC(COC(=O)CCCCCCC/C=C\C=C/CCCCCCCCC)COC(=O)CCCCCCCCCCCCCCCC. The summed E-state index contributed by atoms with van der Waals surface area (Å²) in [5, 5.41) is 0. The largest absolute Gasteiger partial charge is 0.462 e. The Morgan fingerprint density at radius 3 is 0.846 bits per heavy atom. The summed E-state index contributed by atoms with van der Waals surface area (Å²) in [6, 6.07) is 0. The molecule has 378 valence electrons. The molecular weight excluding hydrogens is 805 g/mol. The third-order valence-electron chi connectivity index (χ3n) is 12.4. The van der Waals surface area contributed by atoms with E-state index in [2.05, 4.69) is 69.4 Å². The van der Waals surface area contributed by atoms with E-state index in [4.69, 9.17) is 14.2 Å². The molecule has 0 aliphatic heterocycles. The minimum Gasteiger partial charge on any atom is -0.462 e. The van der Waals surface area contributed by atoms with Crippen molar-refractivity contribution in [3.05, 3.63) is 48.6 Å². The number of carbonyl (C=O) groups is 3. The van der Waals surface area contributed by atoms with Crippen LogP contribution in [0.2, 0.25) is 0 Å². The van der Waals surface area contributed by atoms with Gasteiger partial charge in [-0.3, -0.25) is 14.4 Å². The van der Waals surface area contributed by atoms with E-state index in [0.29, 0.717) is 19.3 Å². The van der Waals surface area contributed by atoms with Gasteiger partial charge in [-0.15, -0.1) is 0 Å². The minimum atomic E-state index is -0.783. The van der Waals surface area contributed by atoms with Crippen LogP contribution in [0.25, 0.3) is 0 Å². The van der Waals surface area contributed by atoms with Crippen molar-refractivity contribution in [3.63, 3.8) is 0 Å². The fourth-order valence-electron chi connectivity index (χ4n) is 8.07. The Bertz CT molecular complexity index is 1140. The number of hydrogen-bond donors (Lipinski definition) is 0. The smallest absolute Gasteiger partial charge is 0.306 e. The van der Waals surface area contributed by atoms with Crippen molar-refractivity contribution in [2.45, 2.75) is 297 Å². The van der Waals surface area contributed by atoms with Crippen LogP contribution in [0.3, 0.4) is 0 Å². The molecule has 0 bridgehead atoms. The van der Waals surface area contributed by atoms with Crippen molar-refractivity contribution < 1.29 is 28.6 Å². The van der Waals surface area contributed by atoms with Crippen LogP contribution in [0, 0.1) is 0 Å². The highest BCUT2D eigenvalue weighted by Gasteiger charge is 2.19. The molecule has 0 saturated carbocycles. The average Bonchev–Trinajstić information content (AvgIpc) is 3.30. The zero-order valence-electron chi connectivity index (χ0n) is 43.3. The fourth-order valence-corrected chi connectivity index (χ4v) is 8.07. The Hall–Kier alpha value is -2.63. The molecule has 0 rings (SSSR count). The van der Waals surface area contributed by atoms with Gasteiger partial charge in [0.1, 0.15) is 13.2 Å². The highest BCUT2D eigenvalue weighted by atomic mass is 16.6. The summed E-state index contributed by atoms with van der Waals surface area (Å²) in [6.45, 7) is 6.61. The molecule has 0 spiro atoms. The Kier molecular flexibility index (Phi) is 51.8. The summed E-state index contributed by atoms with van der Waals surface area (Å²) < 4.78 is 16.8. The first-order valence-corrected chi connectivity index (χ1v) is 28.2. The van der Waals surface area contributed by atoms with E-state index < -0.39 is 6.10 Å². The number of unbranched alkanes of at least 4 members (excludes halogenated alkanes) is 34. The van der Waals surface area contributed by atoms with Crippen LogP contribution in [-0.4, -0.2) is 37.2 Å². The Labute approximate surface area is 403 Å². The maximum Gasteiger partial charge on any atom is 0.306 e. The Balaban J connectivity index is 4.39. The van der Waals surface area contributed by atoms with Gasteiger partial charge in [0, 0.05) is 19.3 Å². The van der Waals surface area contributed by atoms with Gasteiger partial charge < -0.3 is 14.2 Å². The third-order valence-corrected chi connectivity index (χ3v) is 12.4. The van der Waals surface area contributed by atoms with E-state index in [1.54, 1.807) is 0 Å². The maximum absolute atomic E-state index is 12.8. The highest BCUT2D eigenvalue weighted by molar-refractivity contribution is 5.71.